The minimum absolute atomic E-state index is 0.0976. The van der Waals surface area contributed by atoms with Gasteiger partial charge in [-0.25, -0.2) is 4.79 Å². The van der Waals surface area contributed by atoms with E-state index in [0.717, 1.165) is 0 Å². The molecule has 0 spiro atoms. The molecule has 0 fully saturated rings. The Kier molecular flexibility index (Phi) is 4.37. The fourth-order valence-corrected chi connectivity index (χ4v) is 2.24. The molecular formula is C14H11Cl2NO3. The lowest BCUT2D eigenvalue weighted by molar-refractivity contribution is 0.0697. The summed E-state index contributed by atoms with van der Waals surface area (Å²) in [5.41, 5.74) is 1.13. The molecule has 2 rings (SSSR count). The van der Waals surface area contributed by atoms with E-state index < -0.39 is 5.97 Å². The lowest BCUT2D eigenvalue weighted by atomic mass is 10.1. The van der Waals surface area contributed by atoms with E-state index in [1.54, 1.807) is 30.3 Å². The average Bonchev–Trinajstić information content (AvgIpc) is 2.37. The van der Waals surface area contributed by atoms with Crippen molar-refractivity contribution in [2.45, 2.75) is 0 Å². The number of anilines is 2. The highest BCUT2D eigenvalue weighted by Gasteiger charge is 2.12. The lowest BCUT2D eigenvalue weighted by Gasteiger charge is -2.11. The summed E-state index contributed by atoms with van der Waals surface area (Å²) in [7, 11) is 1.48. The molecule has 0 bridgehead atoms. The SMILES string of the molecule is COc1ccc(Nc2cc(Cl)cc(Cl)c2)c(C(=O)O)c1. The second-order valence-electron chi connectivity index (χ2n) is 4.00. The van der Waals surface area contributed by atoms with Crippen molar-refractivity contribution < 1.29 is 14.6 Å². The Morgan fingerprint density at radius 2 is 1.80 bits per heavy atom. The van der Waals surface area contributed by atoms with Crippen molar-refractivity contribution in [1.82, 2.24) is 0 Å². The summed E-state index contributed by atoms with van der Waals surface area (Å²) < 4.78 is 5.02. The van der Waals surface area contributed by atoms with E-state index in [1.807, 2.05) is 0 Å². The van der Waals surface area contributed by atoms with Crippen LogP contribution in [-0.4, -0.2) is 18.2 Å². The van der Waals surface area contributed by atoms with Gasteiger partial charge >= 0.3 is 5.97 Å². The summed E-state index contributed by atoms with van der Waals surface area (Å²) in [5.74, 6) is -0.586. The van der Waals surface area contributed by atoms with Crippen LogP contribution in [-0.2, 0) is 0 Å². The number of ether oxygens (including phenoxy) is 1. The summed E-state index contributed by atoms with van der Waals surface area (Å²) in [4.78, 5) is 11.3. The topological polar surface area (TPSA) is 58.6 Å². The number of carboxylic acids is 1. The Balaban J connectivity index is 2.39. The van der Waals surface area contributed by atoms with Crippen LogP contribution in [0.4, 0.5) is 11.4 Å². The summed E-state index contributed by atoms with van der Waals surface area (Å²) in [5, 5.41) is 13.1. The van der Waals surface area contributed by atoms with Gasteiger partial charge in [-0.1, -0.05) is 23.2 Å². The van der Waals surface area contributed by atoms with Crippen LogP contribution in [0.3, 0.4) is 0 Å². The summed E-state index contributed by atoms with van der Waals surface area (Å²) in [6.45, 7) is 0. The van der Waals surface area contributed by atoms with Crippen molar-refractivity contribution >= 4 is 40.5 Å². The van der Waals surface area contributed by atoms with E-state index in [4.69, 9.17) is 27.9 Å². The van der Waals surface area contributed by atoms with Crippen LogP contribution in [0.2, 0.25) is 10.0 Å². The number of methoxy groups -OCH3 is 1. The maximum atomic E-state index is 11.3. The molecule has 0 unspecified atom stereocenters. The van der Waals surface area contributed by atoms with Gasteiger partial charge in [-0.2, -0.15) is 0 Å². The van der Waals surface area contributed by atoms with Gasteiger partial charge in [0.25, 0.3) is 0 Å². The van der Waals surface area contributed by atoms with Crippen molar-refractivity contribution in [3.05, 3.63) is 52.0 Å². The number of benzene rings is 2. The molecule has 0 aliphatic rings. The number of hydrogen-bond donors (Lipinski definition) is 2. The maximum absolute atomic E-state index is 11.3. The van der Waals surface area contributed by atoms with Gasteiger partial charge in [0, 0.05) is 15.7 Å². The van der Waals surface area contributed by atoms with Gasteiger partial charge in [0.1, 0.15) is 5.75 Å². The number of halogens is 2. The molecular weight excluding hydrogens is 301 g/mol. The number of carboxylic acid groups (broad SMARTS) is 1. The van der Waals surface area contributed by atoms with Gasteiger partial charge in [0.15, 0.2) is 0 Å². The summed E-state index contributed by atoms with van der Waals surface area (Å²) in [6, 6.07) is 9.64. The predicted octanol–water partition coefficient (Wildman–Crippen LogP) is 4.44. The number of aromatic carboxylic acids is 1. The van der Waals surface area contributed by atoms with Crippen molar-refractivity contribution in [3.8, 4) is 5.75 Å². The number of hydrogen-bond acceptors (Lipinski definition) is 3. The number of carbonyl (C=O) groups is 1. The first-order valence-corrected chi connectivity index (χ1v) is 6.39. The van der Waals surface area contributed by atoms with Crippen molar-refractivity contribution in [3.63, 3.8) is 0 Å². The van der Waals surface area contributed by atoms with Crippen LogP contribution in [0.25, 0.3) is 0 Å². The van der Waals surface area contributed by atoms with E-state index >= 15 is 0 Å². The van der Waals surface area contributed by atoms with E-state index in [2.05, 4.69) is 5.32 Å². The van der Waals surface area contributed by atoms with Crippen LogP contribution >= 0.6 is 23.2 Å². The number of nitrogens with one attached hydrogen (secondary N) is 1. The Hall–Kier alpha value is -1.91. The normalized spacial score (nSPS) is 10.2. The zero-order chi connectivity index (χ0) is 14.7. The molecule has 4 nitrogen and oxygen atoms in total. The highest BCUT2D eigenvalue weighted by molar-refractivity contribution is 6.35. The second kappa shape index (κ2) is 6.03. The van der Waals surface area contributed by atoms with Gasteiger partial charge < -0.3 is 15.2 Å². The molecule has 6 heteroatoms. The molecule has 0 amide bonds. The Labute approximate surface area is 125 Å². The molecule has 0 aliphatic carbocycles. The lowest BCUT2D eigenvalue weighted by Crippen LogP contribution is -2.03. The van der Waals surface area contributed by atoms with Crippen molar-refractivity contribution in [2.75, 3.05) is 12.4 Å². The van der Waals surface area contributed by atoms with E-state index in [-0.39, 0.29) is 5.56 Å². The molecule has 0 saturated heterocycles. The van der Waals surface area contributed by atoms with Gasteiger partial charge in [0.2, 0.25) is 0 Å². The van der Waals surface area contributed by atoms with Gasteiger partial charge in [-0.3, -0.25) is 0 Å². The predicted molar refractivity (Wildman–Crippen MR) is 79.7 cm³/mol. The first-order chi connectivity index (χ1) is 9.49. The Morgan fingerprint density at radius 1 is 1.15 bits per heavy atom. The zero-order valence-electron chi connectivity index (χ0n) is 10.5. The van der Waals surface area contributed by atoms with Crippen LogP contribution in [0, 0.1) is 0 Å². The van der Waals surface area contributed by atoms with Crippen molar-refractivity contribution in [2.24, 2.45) is 0 Å². The maximum Gasteiger partial charge on any atom is 0.337 e. The molecule has 104 valence electrons. The summed E-state index contributed by atoms with van der Waals surface area (Å²) in [6.07, 6.45) is 0. The first-order valence-electron chi connectivity index (χ1n) is 5.64. The molecule has 0 heterocycles. The molecule has 2 aromatic carbocycles. The number of rotatable bonds is 4. The first kappa shape index (κ1) is 14.5. The van der Waals surface area contributed by atoms with Crippen LogP contribution in [0.1, 0.15) is 10.4 Å². The third-order valence-electron chi connectivity index (χ3n) is 2.60. The minimum Gasteiger partial charge on any atom is -0.497 e. The Bertz CT molecular complexity index is 639. The second-order valence-corrected chi connectivity index (χ2v) is 4.87. The van der Waals surface area contributed by atoms with Gasteiger partial charge in [-0.05, 0) is 36.4 Å². The molecule has 2 N–H and O–H groups in total. The van der Waals surface area contributed by atoms with E-state index in [0.29, 0.717) is 27.2 Å². The zero-order valence-corrected chi connectivity index (χ0v) is 12.0. The van der Waals surface area contributed by atoms with Crippen molar-refractivity contribution in [1.29, 1.82) is 0 Å². The highest BCUT2D eigenvalue weighted by atomic mass is 35.5. The molecule has 0 saturated carbocycles. The van der Waals surface area contributed by atoms with Crippen LogP contribution in [0.15, 0.2) is 36.4 Å². The van der Waals surface area contributed by atoms with E-state index in [1.165, 1.54) is 13.2 Å². The quantitative estimate of drug-likeness (QED) is 0.876. The Morgan fingerprint density at radius 3 is 2.35 bits per heavy atom. The average molecular weight is 312 g/mol. The molecule has 0 atom stereocenters. The minimum atomic E-state index is -1.06. The van der Waals surface area contributed by atoms with Gasteiger partial charge in [-0.15, -0.1) is 0 Å². The third kappa shape index (κ3) is 3.35. The smallest absolute Gasteiger partial charge is 0.337 e. The summed E-state index contributed by atoms with van der Waals surface area (Å²) >= 11 is 11.8. The van der Waals surface area contributed by atoms with Crippen LogP contribution < -0.4 is 10.1 Å². The van der Waals surface area contributed by atoms with Gasteiger partial charge in [0.05, 0.1) is 18.4 Å². The third-order valence-corrected chi connectivity index (χ3v) is 3.04. The molecule has 0 aliphatic heterocycles. The van der Waals surface area contributed by atoms with Crippen LogP contribution in [0.5, 0.6) is 5.75 Å². The fraction of sp³-hybridized carbons (Fsp3) is 0.0714. The molecule has 20 heavy (non-hydrogen) atoms. The molecule has 0 radical (unpaired) electrons. The standard InChI is InChI=1S/C14H11Cl2NO3/c1-20-11-2-3-13(12(7-11)14(18)19)17-10-5-8(15)4-9(16)6-10/h2-7,17H,1H3,(H,18,19). The highest BCUT2D eigenvalue weighted by Crippen LogP contribution is 2.28. The molecule has 2 aromatic rings. The largest absolute Gasteiger partial charge is 0.497 e. The molecule has 0 aromatic heterocycles. The monoisotopic (exact) mass is 311 g/mol. The fourth-order valence-electron chi connectivity index (χ4n) is 1.72. The van der Waals surface area contributed by atoms with E-state index in [9.17, 15) is 9.90 Å².